The van der Waals surface area contributed by atoms with Gasteiger partial charge in [0.05, 0.1) is 11.6 Å². The monoisotopic (exact) mass is 285 g/mol. The summed E-state index contributed by atoms with van der Waals surface area (Å²) in [4.78, 5) is 23.3. The molecular formula is C10H8BrNO4. The summed E-state index contributed by atoms with van der Waals surface area (Å²) in [5, 5.41) is 0.226. The van der Waals surface area contributed by atoms with Gasteiger partial charge in [0.1, 0.15) is 17.2 Å². The molecule has 6 heteroatoms. The molecule has 2 aromatic rings. The summed E-state index contributed by atoms with van der Waals surface area (Å²) in [5.74, 6) is -0.589. The summed E-state index contributed by atoms with van der Waals surface area (Å²) in [6.07, 6.45) is 2.80. The van der Waals surface area contributed by atoms with E-state index in [2.05, 4.69) is 20.7 Å². The van der Waals surface area contributed by atoms with Crippen LogP contribution >= 0.6 is 15.9 Å². The molecule has 0 N–H and O–H groups in total. The van der Waals surface area contributed by atoms with Crippen molar-refractivity contribution in [1.29, 1.82) is 0 Å². The minimum absolute atomic E-state index is 0.138. The number of aromatic nitrogens is 1. The number of hydrogen-bond donors (Lipinski definition) is 0. The molecule has 0 aliphatic heterocycles. The topological polar surface area (TPSA) is 61.4 Å². The molecular weight excluding hydrogens is 278 g/mol. The second kappa shape index (κ2) is 3.79. The molecule has 2 rings (SSSR count). The molecule has 0 atom stereocenters. The van der Waals surface area contributed by atoms with Crippen LogP contribution in [0.2, 0.25) is 0 Å². The van der Waals surface area contributed by atoms with Crippen molar-refractivity contribution < 1.29 is 13.9 Å². The molecule has 0 aromatic carbocycles. The molecule has 0 saturated heterocycles. The van der Waals surface area contributed by atoms with Crippen LogP contribution in [0.1, 0.15) is 10.4 Å². The summed E-state index contributed by atoms with van der Waals surface area (Å²) < 4.78 is 11.7. The maximum atomic E-state index is 11.9. The van der Waals surface area contributed by atoms with E-state index < -0.39 is 5.97 Å². The van der Waals surface area contributed by atoms with Crippen molar-refractivity contribution >= 4 is 32.9 Å². The third-order valence-corrected chi connectivity index (χ3v) is 2.82. The maximum absolute atomic E-state index is 11.9. The third kappa shape index (κ3) is 1.46. The van der Waals surface area contributed by atoms with Crippen LogP contribution in [0.4, 0.5) is 0 Å². The highest BCUT2D eigenvalue weighted by molar-refractivity contribution is 9.10. The Bertz CT molecular complexity index is 626. The molecule has 0 saturated carbocycles. The Morgan fingerprint density at radius 3 is 2.88 bits per heavy atom. The van der Waals surface area contributed by atoms with Crippen molar-refractivity contribution in [2.24, 2.45) is 7.05 Å². The van der Waals surface area contributed by atoms with Gasteiger partial charge in [-0.25, -0.2) is 4.79 Å². The Labute approximate surface area is 98.7 Å². The number of methoxy groups -OCH3 is 1. The average Bonchev–Trinajstić information content (AvgIpc) is 2.70. The average molecular weight is 286 g/mol. The lowest BCUT2D eigenvalue weighted by molar-refractivity contribution is 0.0602. The number of rotatable bonds is 1. The third-order valence-electron chi connectivity index (χ3n) is 2.25. The molecule has 0 radical (unpaired) electrons. The number of esters is 1. The number of nitrogens with zero attached hydrogens (tertiary/aromatic N) is 1. The quantitative estimate of drug-likeness (QED) is 0.748. The number of fused-ring (bicyclic) bond motifs is 1. The smallest absolute Gasteiger partial charge is 0.341 e. The van der Waals surface area contributed by atoms with E-state index >= 15 is 0 Å². The highest BCUT2D eigenvalue weighted by Crippen LogP contribution is 2.25. The zero-order chi connectivity index (χ0) is 11.9. The Morgan fingerprint density at radius 2 is 2.25 bits per heavy atom. The van der Waals surface area contributed by atoms with Crippen molar-refractivity contribution in [1.82, 2.24) is 4.57 Å². The highest BCUT2D eigenvalue weighted by atomic mass is 79.9. The summed E-state index contributed by atoms with van der Waals surface area (Å²) in [6.45, 7) is 0. The lowest BCUT2D eigenvalue weighted by Crippen LogP contribution is -2.17. The van der Waals surface area contributed by atoms with E-state index in [1.165, 1.54) is 17.9 Å². The number of carbonyl (C=O) groups excluding carboxylic acids is 1. The van der Waals surface area contributed by atoms with Gasteiger partial charge in [0.25, 0.3) is 5.56 Å². The Balaban J connectivity index is 2.90. The second-order valence-electron chi connectivity index (χ2n) is 3.24. The van der Waals surface area contributed by atoms with E-state index in [1.807, 2.05) is 0 Å². The Morgan fingerprint density at radius 1 is 1.56 bits per heavy atom. The van der Waals surface area contributed by atoms with Crippen LogP contribution < -0.4 is 5.56 Å². The molecule has 0 amide bonds. The van der Waals surface area contributed by atoms with Crippen LogP contribution in [-0.2, 0) is 11.8 Å². The number of furan rings is 1. The number of halogens is 1. The van der Waals surface area contributed by atoms with Crippen LogP contribution in [0.3, 0.4) is 0 Å². The molecule has 2 aromatic heterocycles. The molecule has 84 valence electrons. The molecule has 0 fully saturated rings. The first kappa shape index (κ1) is 10.9. The fourth-order valence-corrected chi connectivity index (χ4v) is 2.07. The van der Waals surface area contributed by atoms with Gasteiger partial charge in [-0.05, 0) is 15.9 Å². The van der Waals surface area contributed by atoms with Crippen LogP contribution in [0.25, 0.3) is 11.0 Å². The van der Waals surface area contributed by atoms with Gasteiger partial charge < -0.3 is 13.7 Å². The molecule has 0 aliphatic rings. The summed E-state index contributed by atoms with van der Waals surface area (Å²) in [5.41, 5.74) is 0.190. The van der Waals surface area contributed by atoms with Gasteiger partial charge in [0, 0.05) is 13.2 Å². The number of pyridine rings is 1. The van der Waals surface area contributed by atoms with Crippen LogP contribution in [0.5, 0.6) is 0 Å². The SMILES string of the molecule is COC(=O)c1coc2c(Br)cn(C)c(=O)c12. The van der Waals surface area contributed by atoms with Crippen LogP contribution in [-0.4, -0.2) is 17.6 Å². The maximum Gasteiger partial charge on any atom is 0.341 e. The normalized spacial score (nSPS) is 10.7. The van der Waals surface area contributed by atoms with E-state index in [9.17, 15) is 9.59 Å². The minimum Gasteiger partial charge on any atom is -0.465 e. The molecule has 0 unspecified atom stereocenters. The number of hydrogen-bond acceptors (Lipinski definition) is 4. The predicted molar refractivity (Wildman–Crippen MR) is 60.5 cm³/mol. The summed E-state index contributed by atoms with van der Waals surface area (Å²) >= 11 is 3.26. The van der Waals surface area contributed by atoms with Gasteiger partial charge in [-0.15, -0.1) is 0 Å². The van der Waals surface area contributed by atoms with Crippen molar-refractivity contribution in [2.45, 2.75) is 0 Å². The predicted octanol–water partition coefficient (Wildman–Crippen LogP) is 1.68. The molecule has 16 heavy (non-hydrogen) atoms. The van der Waals surface area contributed by atoms with Gasteiger partial charge in [-0.3, -0.25) is 4.79 Å². The fourth-order valence-electron chi connectivity index (χ4n) is 1.47. The molecule has 0 spiro atoms. The first-order valence-electron chi connectivity index (χ1n) is 4.41. The highest BCUT2D eigenvalue weighted by Gasteiger charge is 2.19. The van der Waals surface area contributed by atoms with Gasteiger partial charge in [-0.1, -0.05) is 0 Å². The van der Waals surface area contributed by atoms with Gasteiger partial charge >= 0.3 is 5.97 Å². The second-order valence-corrected chi connectivity index (χ2v) is 4.09. The lowest BCUT2D eigenvalue weighted by atomic mass is 10.2. The van der Waals surface area contributed by atoms with E-state index in [0.717, 1.165) is 0 Å². The van der Waals surface area contributed by atoms with Crippen molar-refractivity contribution in [3.05, 3.63) is 32.8 Å². The lowest BCUT2D eigenvalue weighted by Gasteiger charge is -2.00. The zero-order valence-corrected chi connectivity index (χ0v) is 10.2. The largest absolute Gasteiger partial charge is 0.465 e. The molecule has 0 aliphatic carbocycles. The summed E-state index contributed by atoms with van der Waals surface area (Å²) in [6, 6.07) is 0. The van der Waals surface area contributed by atoms with Crippen molar-refractivity contribution in [2.75, 3.05) is 7.11 Å². The first-order chi connectivity index (χ1) is 7.56. The fraction of sp³-hybridized carbons (Fsp3) is 0.200. The van der Waals surface area contributed by atoms with Gasteiger partial charge in [0.15, 0.2) is 5.58 Å². The Kier molecular flexibility index (Phi) is 2.59. The number of carbonyl (C=O) groups is 1. The van der Waals surface area contributed by atoms with Crippen molar-refractivity contribution in [3.8, 4) is 0 Å². The van der Waals surface area contributed by atoms with Crippen LogP contribution in [0, 0.1) is 0 Å². The van der Waals surface area contributed by atoms with E-state index in [-0.39, 0.29) is 16.5 Å². The van der Waals surface area contributed by atoms with E-state index in [1.54, 1.807) is 13.2 Å². The molecule has 2 heterocycles. The van der Waals surface area contributed by atoms with Crippen molar-refractivity contribution in [3.63, 3.8) is 0 Å². The molecule has 0 bridgehead atoms. The zero-order valence-electron chi connectivity index (χ0n) is 8.61. The van der Waals surface area contributed by atoms with Crippen LogP contribution in [0.15, 0.2) is 26.1 Å². The Hall–Kier alpha value is -1.56. The molecule has 5 nitrogen and oxygen atoms in total. The number of ether oxygens (including phenoxy) is 1. The standard InChI is InChI=1S/C10H8BrNO4/c1-12-3-6(11)8-7(9(12)13)5(4-16-8)10(14)15-2/h3-4H,1-2H3. The van der Waals surface area contributed by atoms with Gasteiger partial charge in [0.2, 0.25) is 0 Å². The summed E-state index contributed by atoms with van der Waals surface area (Å²) in [7, 11) is 2.85. The van der Waals surface area contributed by atoms with Gasteiger partial charge in [-0.2, -0.15) is 0 Å². The number of aryl methyl sites for hydroxylation is 1. The minimum atomic E-state index is -0.589. The van der Waals surface area contributed by atoms with E-state index in [4.69, 9.17) is 4.42 Å². The first-order valence-corrected chi connectivity index (χ1v) is 5.20. The van der Waals surface area contributed by atoms with E-state index in [0.29, 0.717) is 10.1 Å².